The summed E-state index contributed by atoms with van der Waals surface area (Å²) in [4.78, 5) is 13.6. The molecule has 2 heterocycles. The van der Waals surface area contributed by atoms with E-state index in [1.54, 1.807) is 0 Å². The number of ether oxygens (including phenoxy) is 1. The molecule has 0 aromatic rings. The lowest BCUT2D eigenvalue weighted by molar-refractivity contribution is 0.0630. The average Bonchev–Trinajstić information content (AvgIpc) is 3.02. The first-order valence-electron chi connectivity index (χ1n) is 7.32. The maximum absolute atomic E-state index is 11.7. The summed E-state index contributed by atoms with van der Waals surface area (Å²) in [6.07, 6.45) is 9.88. The number of carbonyl (C=O) groups excluding carboxylic acids is 1. The average molecular weight is 260 g/mol. The first kappa shape index (κ1) is 11.5. The molecule has 0 bridgehead atoms. The van der Waals surface area contributed by atoms with Crippen LogP contribution in [0.25, 0.3) is 0 Å². The molecule has 1 N–H and O–H groups in total. The van der Waals surface area contributed by atoms with Gasteiger partial charge in [-0.05, 0) is 37.3 Å². The second-order valence-electron chi connectivity index (χ2n) is 6.17. The highest BCUT2D eigenvalue weighted by Crippen LogP contribution is 2.60. The summed E-state index contributed by atoms with van der Waals surface area (Å²) >= 11 is 0. The topological polar surface area (TPSA) is 41.6 Å². The number of rotatable bonds is 2. The molecule has 2 aliphatic heterocycles. The van der Waals surface area contributed by atoms with Crippen molar-refractivity contribution in [3.63, 3.8) is 0 Å². The minimum absolute atomic E-state index is 0.150. The molecule has 4 nitrogen and oxygen atoms in total. The molecule has 2 saturated heterocycles. The number of hydrogen-bond donors (Lipinski definition) is 1. The van der Waals surface area contributed by atoms with Crippen LogP contribution >= 0.6 is 0 Å². The van der Waals surface area contributed by atoms with E-state index in [-0.39, 0.29) is 12.1 Å². The van der Waals surface area contributed by atoms with Gasteiger partial charge in [0.2, 0.25) is 0 Å². The molecule has 1 amide bonds. The third-order valence-electron chi connectivity index (χ3n) is 5.12. The van der Waals surface area contributed by atoms with E-state index < -0.39 is 0 Å². The molecule has 3 atom stereocenters. The number of amides is 1. The first-order valence-corrected chi connectivity index (χ1v) is 7.32. The summed E-state index contributed by atoms with van der Waals surface area (Å²) in [5.74, 6) is 0.847. The van der Waals surface area contributed by atoms with Crippen molar-refractivity contribution < 1.29 is 9.53 Å². The lowest BCUT2D eigenvalue weighted by Gasteiger charge is -2.33. The van der Waals surface area contributed by atoms with E-state index in [9.17, 15) is 4.79 Å². The van der Waals surface area contributed by atoms with Gasteiger partial charge < -0.3 is 15.0 Å². The fraction of sp³-hybridized carbons (Fsp3) is 0.667. The summed E-state index contributed by atoms with van der Waals surface area (Å²) in [6, 6.07) is 0.194. The number of fused-ring (bicyclic) bond motifs is 1. The molecule has 0 spiro atoms. The van der Waals surface area contributed by atoms with Crippen molar-refractivity contribution >= 4 is 6.09 Å². The zero-order chi connectivity index (χ0) is 12.9. The highest BCUT2D eigenvalue weighted by Gasteiger charge is 2.58. The molecular formula is C15H20N2O2. The van der Waals surface area contributed by atoms with Gasteiger partial charge in [-0.3, -0.25) is 0 Å². The highest BCUT2D eigenvalue weighted by molar-refractivity contribution is 5.69. The van der Waals surface area contributed by atoms with E-state index in [2.05, 4.69) is 23.5 Å². The zero-order valence-electron chi connectivity index (χ0n) is 11.1. The Morgan fingerprint density at radius 3 is 3.05 bits per heavy atom. The van der Waals surface area contributed by atoms with E-state index in [1.807, 2.05) is 4.90 Å². The van der Waals surface area contributed by atoms with E-state index in [0.29, 0.717) is 12.0 Å². The van der Waals surface area contributed by atoms with Crippen LogP contribution in [0.15, 0.2) is 23.8 Å². The monoisotopic (exact) mass is 260 g/mol. The lowest BCUT2D eigenvalue weighted by atomic mass is 9.89. The van der Waals surface area contributed by atoms with Gasteiger partial charge in [0.05, 0.1) is 12.6 Å². The van der Waals surface area contributed by atoms with Crippen LogP contribution in [0, 0.1) is 11.3 Å². The van der Waals surface area contributed by atoms with Crippen molar-refractivity contribution in [1.29, 1.82) is 0 Å². The predicted octanol–water partition coefficient (Wildman–Crippen LogP) is 1.69. The SMILES string of the molecule is O=C1OCCCN1C1C=CC(C23CNCC2C3)=CC1. The van der Waals surface area contributed by atoms with Crippen LogP contribution in [-0.4, -0.2) is 43.3 Å². The molecule has 3 unspecified atom stereocenters. The molecular weight excluding hydrogens is 240 g/mol. The molecule has 0 aromatic carbocycles. The van der Waals surface area contributed by atoms with Gasteiger partial charge in [0.25, 0.3) is 0 Å². The van der Waals surface area contributed by atoms with Crippen LogP contribution in [0.1, 0.15) is 19.3 Å². The number of carbonyl (C=O) groups is 1. The smallest absolute Gasteiger partial charge is 0.410 e. The second-order valence-corrected chi connectivity index (χ2v) is 6.17. The minimum Gasteiger partial charge on any atom is -0.449 e. The molecule has 4 heteroatoms. The summed E-state index contributed by atoms with van der Waals surface area (Å²) in [5, 5.41) is 3.48. The van der Waals surface area contributed by atoms with Crippen molar-refractivity contribution in [2.45, 2.75) is 25.3 Å². The zero-order valence-corrected chi connectivity index (χ0v) is 11.1. The van der Waals surface area contributed by atoms with Gasteiger partial charge in [-0.2, -0.15) is 0 Å². The number of hydrogen-bond acceptors (Lipinski definition) is 3. The normalized spacial score (nSPS) is 40.7. The number of nitrogens with zero attached hydrogens (tertiary/aromatic N) is 1. The Morgan fingerprint density at radius 2 is 2.42 bits per heavy atom. The quantitative estimate of drug-likeness (QED) is 0.821. The number of allylic oxidation sites excluding steroid dienone is 1. The van der Waals surface area contributed by atoms with E-state index in [1.165, 1.54) is 18.5 Å². The molecule has 1 saturated carbocycles. The van der Waals surface area contributed by atoms with Crippen LogP contribution in [0.4, 0.5) is 4.79 Å². The van der Waals surface area contributed by atoms with Gasteiger partial charge in [0.15, 0.2) is 0 Å². The number of cyclic esters (lactones) is 1. The standard InChI is InChI=1S/C15H20N2O2/c18-14-17(6-1-7-19-14)13-4-2-11(3-5-13)15-8-12(15)9-16-10-15/h2-4,12-13,16H,1,5-10H2. The van der Waals surface area contributed by atoms with Crippen LogP contribution < -0.4 is 5.32 Å². The van der Waals surface area contributed by atoms with Gasteiger partial charge in [0.1, 0.15) is 0 Å². The first-order chi connectivity index (χ1) is 9.29. The Morgan fingerprint density at radius 1 is 1.47 bits per heavy atom. The molecule has 4 aliphatic rings. The largest absolute Gasteiger partial charge is 0.449 e. The lowest BCUT2D eigenvalue weighted by Crippen LogP contribution is -2.44. The van der Waals surface area contributed by atoms with Crippen molar-refractivity contribution in [2.24, 2.45) is 11.3 Å². The molecule has 3 fully saturated rings. The molecule has 0 aromatic heterocycles. The molecule has 4 rings (SSSR count). The van der Waals surface area contributed by atoms with Crippen LogP contribution in [0.3, 0.4) is 0 Å². The third-order valence-corrected chi connectivity index (χ3v) is 5.12. The summed E-state index contributed by atoms with van der Waals surface area (Å²) in [7, 11) is 0. The fourth-order valence-corrected chi connectivity index (χ4v) is 3.87. The van der Waals surface area contributed by atoms with E-state index in [4.69, 9.17) is 4.74 Å². The summed E-state index contributed by atoms with van der Waals surface area (Å²) in [6.45, 7) is 3.70. The van der Waals surface area contributed by atoms with Gasteiger partial charge in [-0.15, -0.1) is 0 Å². The Labute approximate surface area is 113 Å². The van der Waals surface area contributed by atoms with E-state index in [0.717, 1.165) is 31.8 Å². The fourth-order valence-electron chi connectivity index (χ4n) is 3.87. The molecule has 102 valence electrons. The van der Waals surface area contributed by atoms with Crippen LogP contribution in [0.2, 0.25) is 0 Å². The Bertz CT molecular complexity index is 471. The van der Waals surface area contributed by atoms with Crippen molar-refractivity contribution in [3.05, 3.63) is 23.8 Å². The van der Waals surface area contributed by atoms with Gasteiger partial charge in [0, 0.05) is 18.5 Å². The maximum atomic E-state index is 11.7. The summed E-state index contributed by atoms with van der Waals surface area (Å²) in [5.41, 5.74) is 1.92. The van der Waals surface area contributed by atoms with Crippen LogP contribution in [-0.2, 0) is 4.74 Å². The molecule has 19 heavy (non-hydrogen) atoms. The Hall–Kier alpha value is -1.29. The van der Waals surface area contributed by atoms with Gasteiger partial charge in [-0.1, -0.05) is 18.2 Å². The van der Waals surface area contributed by atoms with Crippen molar-refractivity contribution in [2.75, 3.05) is 26.2 Å². The second kappa shape index (κ2) is 4.10. The minimum atomic E-state index is -0.150. The van der Waals surface area contributed by atoms with Crippen LogP contribution in [0.5, 0.6) is 0 Å². The van der Waals surface area contributed by atoms with Crippen molar-refractivity contribution in [1.82, 2.24) is 10.2 Å². The third kappa shape index (κ3) is 1.73. The maximum Gasteiger partial charge on any atom is 0.410 e. The molecule has 2 aliphatic carbocycles. The predicted molar refractivity (Wildman–Crippen MR) is 71.7 cm³/mol. The Kier molecular flexibility index (Phi) is 2.49. The summed E-state index contributed by atoms with van der Waals surface area (Å²) < 4.78 is 5.12. The van der Waals surface area contributed by atoms with Gasteiger partial charge in [-0.25, -0.2) is 4.79 Å². The highest BCUT2D eigenvalue weighted by atomic mass is 16.6. The molecule has 0 radical (unpaired) electrons. The van der Waals surface area contributed by atoms with E-state index >= 15 is 0 Å². The van der Waals surface area contributed by atoms with Gasteiger partial charge >= 0.3 is 6.09 Å². The number of piperidine rings is 1. The number of nitrogens with one attached hydrogen (secondary N) is 1. The Balaban J connectivity index is 1.46. The van der Waals surface area contributed by atoms with Crippen molar-refractivity contribution in [3.8, 4) is 0 Å².